The molecule has 0 radical (unpaired) electrons. The summed E-state index contributed by atoms with van der Waals surface area (Å²) in [7, 11) is 1.62. The van der Waals surface area contributed by atoms with Crippen LogP contribution in [0.1, 0.15) is 6.92 Å². The van der Waals surface area contributed by atoms with Crippen LogP contribution in [0.15, 0.2) is 60.3 Å². The molecule has 1 aromatic heterocycles. The normalized spacial score (nSPS) is 13.0. The number of allylic oxidation sites excluding steroid dienone is 1. The average molecular weight is 439 g/mol. The number of ether oxygens (including phenoxy) is 3. The number of anilines is 1. The maximum Gasteiger partial charge on any atom is 0.237 e. The Labute approximate surface area is 184 Å². The lowest BCUT2D eigenvalue weighted by molar-refractivity contribution is -0.115. The summed E-state index contributed by atoms with van der Waals surface area (Å²) >= 11 is 1.34. The predicted octanol–water partition coefficient (Wildman–Crippen LogP) is 3.99. The van der Waals surface area contributed by atoms with E-state index in [0.717, 1.165) is 11.3 Å². The van der Waals surface area contributed by atoms with Crippen molar-refractivity contribution in [2.45, 2.75) is 23.9 Å². The Morgan fingerprint density at radius 2 is 2.03 bits per heavy atom. The van der Waals surface area contributed by atoms with E-state index in [9.17, 15) is 4.79 Å². The van der Waals surface area contributed by atoms with E-state index in [0.29, 0.717) is 34.7 Å². The number of nitrogens with zero attached hydrogens (tertiary/aromatic N) is 3. The first kappa shape index (κ1) is 20.8. The molecule has 1 aliphatic heterocycles. The molecule has 8 nitrogen and oxygen atoms in total. The van der Waals surface area contributed by atoms with Gasteiger partial charge in [0.15, 0.2) is 22.5 Å². The number of nitrogens with one attached hydrogen (secondary N) is 1. The first-order chi connectivity index (χ1) is 15.1. The highest BCUT2D eigenvalue weighted by Crippen LogP contribution is 2.34. The second-order valence-electron chi connectivity index (χ2n) is 6.75. The molecule has 1 amide bonds. The van der Waals surface area contributed by atoms with E-state index < -0.39 is 5.25 Å². The molecule has 1 atom stereocenters. The zero-order chi connectivity index (χ0) is 21.8. The number of benzene rings is 2. The molecule has 160 valence electrons. The molecular weight excluding hydrogens is 416 g/mol. The molecular formula is C22H22N4O4S. The summed E-state index contributed by atoms with van der Waals surface area (Å²) in [5.74, 6) is 2.61. The van der Waals surface area contributed by atoms with E-state index in [2.05, 4.69) is 22.1 Å². The van der Waals surface area contributed by atoms with Gasteiger partial charge in [-0.25, -0.2) is 0 Å². The van der Waals surface area contributed by atoms with Gasteiger partial charge in [-0.2, -0.15) is 0 Å². The molecule has 2 heterocycles. The summed E-state index contributed by atoms with van der Waals surface area (Å²) in [6.45, 7) is 6.37. The molecule has 31 heavy (non-hydrogen) atoms. The molecule has 1 N–H and O–H groups in total. The van der Waals surface area contributed by atoms with Gasteiger partial charge in [0.2, 0.25) is 12.7 Å². The quantitative estimate of drug-likeness (QED) is 0.420. The number of amides is 1. The molecule has 0 bridgehead atoms. The smallest absolute Gasteiger partial charge is 0.237 e. The molecule has 3 aromatic rings. The fraction of sp³-hybridized carbons (Fsp3) is 0.227. The summed E-state index contributed by atoms with van der Waals surface area (Å²) in [5.41, 5.74) is 1.55. The number of aromatic nitrogens is 3. The minimum absolute atomic E-state index is 0.150. The third-order valence-corrected chi connectivity index (χ3v) is 5.75. The van der Waals surface area contributed by atoms with Crippen LogP contribution in [0.3, 0.4) is 0 Å². The second kappa shape index (κ2) is 9.13. The van der Waals surface area contributed by atoms with Gasteiger partial charge in [0.25, 0.3) is 0 Å². The number of fused-ring (bicyclic) bond motifs is 1. The van der Waals surface area contributed by atoms with E-state index in [1.165, 1.54) is 11.8 Å². The number of rotatable bonds is 8. The van der Waals surface area contributed by atoms with E-state index in [-0.39, 0.29) is 12.7 Å². The third kappa shape index (κ3) is 4.51. The summed E-state index contributed by atoms with van der Waals surface area (Å²) in [6.07, 6.45) is 1.78. The molecule has 0 spiro atoms. The van der Waals surface area contributed by atoms with Gasteiger partial charge >= 0.3 is 0 Å². The van der Waals surface area contributed by atoms with Crippen molar-refractivity contribution in [3.63, 3.8) is 0 Å². The number of methoxy groups -OCH3 is 1. The zero-order valence-corrected chi connectivity index (χ0v) is 18.0. The number of hydrogen-bond donors (Lipinski definition) is 1. The number of carbonyl (C=O) groups is 1. The van der Waals surface area contributed by atoms with Crippen LogP contribution in [0.2, 0.25) is 0 Å². The molecule has 0 aliphatic carbocycles. The fourth-order valence-corrected chi connectivity index (χ4v) is 3.91. The molecule has 0 saturated heterocycles. The predicted molar refractivity (Wildman–Crippen MR) is 119 cm³/mol. The van der Waals surface area contributed by atoms with Gasteiger partial charge < -0.3 is 19.5 Å². The first-order valence-electron chi connectivity index (χ1n) is 9.64. The third-order valence-electron chi connectivity index (χ3n) is 4.67. The van der Waals surface area contributed by atoms with Gasteiger partial charge in [0, 0.05) is 23.9 Å². The van der Waals surface area contributed by atoms with Crippen LogP contribution in [0, 0.1) is 0 Å². The summed E-state index contributed by atoms with van der Waals surface area (Å²) in [6, 6.07) is 12.9. The van der Waals surface area contributed by atoms with E-state index in [1.54, 1.807) is 31.4 Å². The van der Waals surface area contributed by atoms with Crippen LogP contribution in [0.25, 0.3) is 11.4 Å². The SMILES string of the molecule is C=CCn1c(S[C@H](C)C(=O)Nc2ccc3c(c2)OCO3)nnc1-c1ccc(OC)cc1. The van der Waals surface area contributed by atoms with Gasteiger partial charge in [-0.15, -0.1) is 16.8 Å². The Kier molecular flexibility index (Phi) is 6.13. The highest BCUT2D eigenvalue weighted by Gasteiger charge is 2.21. The van der Waals surface area contributed by atoms with E-state index in [1.807, 2.05) is 35.8 Å². The Bertz CT molecular complexity index is 1100. The molecule has 9 heteroatoms. The van der Waals surface area contributed by atoms with Crippen LogP contribution in [0.4, 0.5) is 5.69 Å². The van der Waals surface area contributed by atoms with Crippen molar-refractivity contribution in [1.82, 2.24) is 14.8 Å². The van der Waals surface area contributed by atoms with Gasteiger partial charge in [0.1, 0.15) is 5.75 Å². The fourth-order valence-electron chi connectivity index (χ4n) is 3.05. The van der Waals surface area contributed by atoms with Crippen LogP contribution in [-0.4, -0.2) is 39.8 Å². The second-order valence-corrected chi connectivity index (χ2v) is 8.06. The van der Waals surface area contributed by atoms with Crippen LogP contribution in [0.5, 0.6) is 17.2 Å². The monoisotopic (exact) mass is 438 g/mol. The maximum atomic E-state index is 12.7. The lowest BCUT2D eigenvalue weighted by Crippen LogP contribution is -2.23. The lowest BCUT2D eigenvalue weighted by Gasteiger charge is -2.13. The van der Waals surface area contributed by atoms with Crippen molar-refractivity contribution < 1.29 is 19.0 Å². The molecule has 4 rings (SSSR count). The first-order valence-corrected chi connectivity index (χ1v) is 10.5. The van der Waals surface area contributed by atoms with Crippen molar-refractivity contribution in [2.75, 3.05) is 19.2 Å². The highest BCUT2D eigenvalue weighted by molar-refractivity contribution is 8.00. The highest BCUT2D eigenvalue weighted by atomic mass is 32.2. The Morgan fingerprint density at radius 1 is 1.26 bits per heavy atom. The van der Waals surface area contributed by atoms with Crippen molar-refractivity contribution >= 4 is 23.4 Å². The molecule has 0 fully saturated rings. The van der Waals surface area contributed by atoms with Gasteiger partial charge in [-0.05, 0) is 43.3 Å². The van der Waals surface area contributed by atoms with Crippen molar-refractivity contribution in [1.29, 1.82) is 0 Å². The molecule has 2 aromatic carbocycles. The average Bonchev–Trinajstić information content (AvgIpc) is 3.41. The summed E-state index contributed by atoms with van der Waals surface area (Å²) in [5, 5.41) is 11.8. The van der Waals surface area contributed by atoms with Crippen molar-refractivity contribution in [3.05, 3.63) is 55.1 Å². The van der Waals surface area contributed by atoms with E-state index in [4.69, 9.17) is 14.2 Å². The maximum absolute atomic E-state index is 12.7. The standard InChI is InChI=1S/C22H22N4O4S/c1-4-11-26-20(15-5-8-17(28-3)9-6-15)24-25-22(26)31-14(2)21(27)23-16-7-10-18-19(12-16)30-13-29-18/h4-10,12,14H,1,11,13H2,2-3H3,(H,23,27)/t14-/m1/s1. The van der Waals surface area contributed by atoms with Crippen LogP contribution in [-0.2, 0) is 11.3 Å². The van der Waals surface area contributed by atoms with Gasteiger partial charge in [-0.1, -0.05) is 17.8 Å². The number of carbonyl (C=O) groups excluding carboxylic acids is 1. The molecule has 1 aliphatic rings. The van der Waals surface area contributed by atoms with Gasteiger partial charge in [-0.3, -0.25) is 9.36 Å². The van der Waals surface area contributed by atoms with Gasteiger partial charge in [0.05, 0.1) is 12.4 Å². The van der Waals surface area contributed by atoms with Crippen LogP contribution >= 0.6 is 11.8 Å². The van der Waals surface area contributed by atoms with Crippen LogP contribution < -0.4 is 19.5 Å². The van der Waals surface area contributed by atoms with Crippen molar-refractivity contribution in [2.24, 2.45) is 0 Å². The van der Waals surface area contributed by atoms with E-state index >= 15 is 0 Å². The summed E-state index contributed by atoms with van der Waals surface area (Å²) in [4.78, 5) is 12.7. The number of thioether (sulfide) groups is 1. The van der Waals surface area contributed by atoms with Crippen molar-refractivity contribution in [3.8, 4) is 28.6 Å². The minimum atomic E-state index is -0.401. The zero-order valence-electron chi connectivity index (χ0n) is 17.2. The Morgan fingerprint density at radius 3 is 2.77 bits per heavy atom. The number of hydrogen-bond acceptors (Lipinski definition) is 7. The topological polar surface area (TPSA) is 87.5 Å². The largest absolute Gasteiger partial charge is 0.497 e. The lowest BCUT2D eigenvalue weighted by atomic mass is 10.2. The molecule has 0 unspecified atom stereocenters. The minimum Gasteiger partial charge on any atom is -0.497 e. The Hall–Kier alpha value is -3.46. The summed E-state index contributed by atoms with van der Waals surface area (Å²) < 4.78 is 17.8. The Balaban J connectivity index is 1.49. The molecule has 0 saturated carbocycles.